The summed E-state index contributed by atoms with van der Waals surface area (Å²) in [7, 11) is -3.72. The molecule has 0 aliphatic carbocycles. The van der Waals surface area contributed by atoms with Crippen LogP contribution < -0.4 is 10.5 Å². The molecule has 2 rings (SSSR count). The van der Waals surface area contributed by atoms with Gasteiger partial charge in [0, 0.05) is 21.3 Å². The van der Waals surface area contributed by atoms with Gasteiger partial charge in [0.25, 0.3) is 0 Å². The SMILES string of the molecule is Nc1cc(Br)cc(Br)c1S(=O)(=O)NCc1ncc[nH]1. The Morgan fingerprint density at radius 1 is 1.37 bits per heavy atom. The Morgan fingerprint density at radius 3 is 2.68 bits per heavy atom. The number of halogens is 2. The molecule has 0 saturated carbocycles. The van der Waals surface area contributed by atoms with E-state index in [-0.39, 0.29) is 17.1 Å². The molecule has 0 aliphatic rings. The Labute approximate surface area is 127 Å². The monoisotopic (exact) mass is 408 g/mol. The van der Waals surface area contributed by atoms with E-state index >= 15 is 0 Å². The van der Waals surface area contributed by atoms with Crippen LogP contribution in [0.4, 0.5) is 5.69 Å². The lowest BCUT2D eigenvalue weighted by Crippen LogP contribution is -2.25. The zero-order valence-corrected chi connectivity index (χ0v) is 13.5. The van der Waals surface area contributed by atoms with E-state index in [1.54, 1.807) is 18.5 Å². The summed E-state index contributed by atoms with van der Waals surface area (Å²) in [6, 6.07) is 3.16. The van der Waals surface area contributed by atoms with Gasteiger partial charge in [0.15, 0.2) is 0 Å². The molecule has 102 valence electrons. The molecule has 19 heavy (non-hydrogen) atoms. The van der Waals surface area contributed by atoms with Crippen LogP contribution in [0, 0.1) is 0 Å². The molecule has 1 heterocycles. The van der Waals surface area contributed by atoms with Gasteiger partial charge in [0.1, 0.15) is 10.7 Å². The topological polar surface area (TPSA) is 101 Å². The first-order valence-electron chi connectivity index (χ1n) is 5.12. The van der Waals surface area contributed by atoms with E-state index in [0.717, 1.165) is 0 Å². The summed E-state index contributed by atoms with van der Waals surface area (Å²) in [6.07, 6.45) is 3.17. The van der Waals surface area contributed by atoms with E-state index in [0.29, 0.717) is 14.8 Å². The maximum Gasteiger partial charge on any atom is 0.244 e. The summed E-state index contributed by atoms with van der Waals surface area (Å²) >= 11 is 6.44. The van der Waals surface area contributed by atoms with Crippen LogP contribution in [0.25, 0.3) is 0 Å². The third-order valence-corrected chi connectivity index (χ3v) is 5.15. The van der Waals surface area contributed by atoms with E-state index in [9.17, 15) is 8.42 Å². The number of nitrogens with two attached hydrogens (primary N) is 1. The Hall–Kier alpha value is -0.900. The third kappa shape index (κ3) is 3.35. The number of nitrogens with zero attached hydrogens (tertiary/aromatic N) is 1. The zero-order valence-electron chi connectivity index (χ0n) is 9.52. The summed E-state index contributed by atoms with van der Waals surface area (Å²) in [6.45, 7) is 0.0667. The number of rotatable bonds is 4. The number of hydrogen-bond acceptors (Lipinski definition) is 4. The molecule has 1 aromatic carbocycles. The number of aromatic amines is 1. The van der Waals surface area contributed by atoms with Crippen LogP contribution in [0.2, 0.25) is 0 Å². The van der Waals surface area contributed by atoms with Gasteiger partial charge in [-0.3, -0.25) is 0 Å². The van der Waals surface area contributed by atoms with Gasteiger partial charge in [-0.15, -0.1) is 0 Å². The molecule has 0 unspecified atom stereocenters. The molecule has 0 amide bonds. The van der Waals surface area contributed by atoms with Crippen molar-refractivity contribution in [3.05, 3.63) is 39.3 Å². The summed E-state index contributed by atoms with van der Waals surface area (Å²) in [5, 5.41) is 0. The highest BCUT2D eigenvalue weighted by Crippen LogP contribution is 2.31. The lowest BCUT2D eigenvalue weighted by Gasteiger charge is -2.10. The molecule has 0 saturated heterocycles. The van der Waals surface area contributed by atoms with E-state index in [1.165, 1.54) is 6.07 Å². The fraction of sp³-hybridized carbons (Fsp3) is 0.100. The van der Waals surface area contributed by atoms with Crippen LogP contribution in [0.5, 0.6) is 0 Å². The van der Waals surface area contributed by atoms with Gasteiger partial charge in [-0.2, -0.15) is 0 Å². The van der Waals surface area contributed by atoms with Crippen LogP contribution in [0.15, 0.2) is 38.4 Å². The standard InChI is InChI=1S/C10H10Br2N4O2S/c11-6-3-7(12)10(8(13)4-6)19(17,18)16-5-9-14-1-2-15-9/h1-4,16H,5,13H2,(H,14,15). The summed E-state index contributed by atoms with van der Waals surface area (Å²) < 4.78 is 27.9. The van der Waals surface area contributed by atoms with Crippen molar-refractivity contribution in [1.82, 2.24) is 14.7 Å². The van der Waals surface area contributed by atoms with Crippen LogP contribution in [0.3, 0.4) is 0 Å². The van der Waals surface area contributed by atoms with Crippen LogP contribution in [0.1, 0.15) is 5.82 Å². The molecular weight excluding hydrogens is 400 g/mol. The molecule has 2 aromatic rings. The molecular formula is C10H10Br2N4O2S. The molecule has 4 N–H and O–H groups in total. The molecule has 0 fully saturated rings. The summed E-state index contributed by atoms with van der Waals surface area (Å²) in [4.78, 5) is 6.77. The molecule has 0 atom stereocenters. The maximum atomic E-state index is 12.2. The van der Waals surface area contributed by atoms with Gasteiger partial charge in [0.05, 0.1) is 12.2 Å². The fourth-order valence-corrected chi connectivity index (χ4v) is 4.55. The Balaban J connectivity index is 2.29. The van der Waals surface area contributed by atoms with E-state index < -0.39 is 10.0 Å². The van der Waals surface area contributed by atoms with Crippen molar-refractivity contribution in [3.63, 3.8) is 0 Å². The number of anilines is 1. The molecule has 0 radical (unpaired) electrons. The molecule has 0 bridgehead atoms. The number of sulfonamides is 1. The summed E-state index contributed by atoms with van der Waals surface area (Å²) in [5.74, 6) is 0.524. The van der Waals surface area contributed by atoms with E-state index in [4.69, 9.17) is 5.73 Å². The number of H-pyrrole nitrogens is 1. The Morgan fingerprint density at radius 2 is 2.11 bits per heavy atom. The lowest BCUT2D eigenvalue weighted by atomic mass is 10.3. The van der Waals surface area contributed by atoms with Crippen LogP contribution in [-0.2, 0) is 16.6 Å². The highest BCUT2D eigenvalue weighted by Gasteiger charge is 2.21. The Bertz CT molecular complexity index is 663. The lowest BCUT2D eigenvalue weighted by molar-refractivity contribution is 0.579. The van der Waals surface area contributed by atoms with Crippen molar-refractivity contribution < 1.29 is 8.42 Å². The molecule has 0 aliphatic heterocycles. The average Bonchev–Trinajstić information content (AvgIpc) is 2.77. The van der Waals surface area contributed by atoms with Gasteiger partial charge in [-0.25, -0.2) is 18.1 Å². The van der Waals surface area contributed by atoms with Crippen molar-refractivity contribution in [1.29, 1.82) is 0 Å². The van der Waals surface area contributed by atoms with E-state index in [2.05, 4.69) is 46.5 Å². The molecule has 0 spiro atoms. The molecule has 9 heteroatoms. The number of aromatic nitrogens is 2. The highest BCUT2D eigenvalue weighted by molar-refractivity contribution is 9.11. The van der Waals surface area contributed by atoms with Crippen molar-refractivity contribution in [3.8, 4) is 0 Å². The van der Waals surface area contributed by atoms with Gasteiger partial charge in [-0.1, -0.05) is 15.9 Å². The van der Waals surface area contributed by atoms with E-state index in [1.807, 2.05) is 0 Å². The van der Waals surface area contributed by atoms with Gasteiger partial charge in [-0.05, 0) is 28.1 Å². The number of nitrogens with one attached hydrogen (secondary N) is 2. The number of imidazole rings is 1. The molecule has 1 aromatic heterocycles. The van der Waals surface area contributed by atoms with Crippen molar-refractivity contribution in [2.75, 3.05) is 5.73 Å². The van der Waals surface area contributed by atoms with Crippen molar-refractivity contribution in [2.45, 2.75) is 11.4 Å². The second-order valence-corrected chi connectivity index (χ2v) is 7.14. The summed E-state index contributed by atoms with van der Waals surface area (Å²) in [5.41, 5.74) is 5.92. The average molecular weight is 410 g/mol. The van der Waals surface area contributed by atoms with Gasteiger partial charge < -0.3 is 10.7 Å². The smallest absolute Gasteiger partial charge is 0.244 e. The predicted molar refractivity (Wildman–Crippen MR) is 78.9 cm³/mol. The predicted octanol–water partition coefficient (Wildman–Crippen LogP) is 2.00. The first kappa shape index (κ1) is 14.5. The normalized spacial score (nSPS) is 11.7. The minimum atomic E-state index is -3.72. The second-order valence-electron chi connectivity index (χ2n) is 3.67. The largest absolute Gasteiger partial charge is 0.398 e. The first-order valence-corrected chi connectivity index (χ1v) is 8.19. The number of benzene rings is 1. The van der Waals surface area contributed by atoms with Crippen LogP contribution >= 0.6 is 31.9 Å². The fourth-order valence-electron chi connectivity index (χ4n) is 1.49. The van der Waals surface area contributed by atoms with Gasteiger partial charge in [0.2, 0.25) is 10.0 Å². The Kier molecular flexibility index (Phi) is 4.29. The first-order chi connectivity index (χ1) is 8.90. The maximum absolute atomic E-state index is 12.2. The molecule has 6 nitrogen and oxygen atoms in total. The van der Waals surface area contributed by atoms with Crippen molar-refractivity contribution in [2.24, 2.45) is 0 Å². The quantitative estimate of drug-likeness (QED) is 0.672. The second kappa shape index (κ2) is 5.61. The highest BCUT2D eigenvalue weighted by atomic mass is 79.9. The van der Waals surface area contributed by atoms with Crippen molar-refractivity contribution >= 4 is 47.6 Å². The van der Waals surface area contributed by atoms with Gasteiger partial charge >= 0.3 is 0 Å². The van der Waals surface area contributed by atoms with Crippen LogP contribution in [-0.4, -0.2) is 18.4 Å². The number of hydrogen-bond donors (Lipinski definition) is 3. The zero-order chi connectivity index (χ0) is 14.0. The minimum absolute atomic E-state index is 0.0160. The third-order valence-electron chi connectivity index (χ3n) is 2.29. The number of nitrogen functional groups attached to an aromatic ring is 1. The minimum Gasteiger partial charge on any atom is -0.398 e.